The molecule has 0 bridgehead atoms. The molecular formula is C9H12F3N3O. The molecule has 1 heterocycles. The van der Waals surface area contributed by atoms with Gasteiger partial charge >= 0.3 is 6.18 Å². The zero-order valence-electron chi connectivity index (χ0n) is 8.70. The summed E-state index contributed by atoms with van der Waals surface area (Å²) in [5.74, 6) is 0.349. The molecule has 0 radical (unpaired) electrons. The van der Waals surface area contributed by atoms with E-state index in [1.807, 2.05) is 0 Å². The molecule has 0 aliphatic rings. The fourth-order valence-electron chi connectivity index (χ4n) is 1.05. The number of nitrogens with zero attached hydrogens (tertiary/aromatic N) is 3. The number of hydrogen-bond acceptors (Lipinski definition) is 4. The minimum absolute atomic E-state index is 0.170. The Morgan fingerprint density at radius 2 is 2.00 bits per heavy atom. The summed E-state index contributed by atoms with van der Waals surface area (Å²) in [5, 5.41) is 16.1. The third kappa shape index (κ3) is 4.01. The first kappa shape index (κ1) is 12.7. The van der Waals surface area contributed by atoms with E-state index in [0.717, 1.165) is 0 Å². The third-order valence-electron chi connectivity index (χ3n) is 1.99. The van der Waals surface area contributed by atoms with Gasteiger partial charge in [-0.05, 0) is 12.1 Å². The van der Waals surface area contributed by atoms with Crippen molar-refractivity contribution in [2.24, 2.45) is 0 Å². The van der Waals surface area contributed by atoms with Crippen LogP contribution in [-0.2, 0) is 6.61 Å². The molecule has 0 atom stereocenters. The van der Waals surface area contributed by atoms with E-state index in [1.165, 1.54) is 24.1 Å². The molecule has 0 aromatic carbocycles. The second-order valence-electron chi connectivity index (χ2n) is 3.33. The number of alkyl halides is 3. The summed E-state index contributed by atoms with van der Waals surface area (Å²) >= 11 is 0. The van der Waals surface area contributed by atoms with Gasteiger partial charge in [0.2, 0.25) is 0 Å². The zero-order valence-corrected chi connectivity index (χ0v) is 8.70. The number of rotatable bonds is 4. The Morgan fingerprint density at radius 3 is 2.44 bits per heavy atom. The standard InChI is InChI=1S/C9H12F3N3O/c1-15(5-4-9(10,11)12)8-3-2-7(6-16)13-14-8/h2-3,16H,4-6H2,1H3. The molecule has 0 unspecified atom stereocenters. The van der Waals surface area contributed by atoms with Gasteiger partial charge in [0.05, 0.1) is 18.7 Å². The van der Waals surface area contributed by atoms with Gasteiger partial charge < -0.3 is 10.0 Å². The second-order valence-corrected chi connectivity index (χ2v) is 3.33. The summed E-state index contributed by atoms with van der Waals surface area (Å²) in [7, 11) is 1.51. The molecule has 16 heavy (non-hydrogen) atoms. The number of aliphatic hydroxyl groups is 1. The molecule has 1 aromatic rings. The third-order valence-corrected chi connectivity index (χ3v) is 1.99. The van der Waals surface area contributed by atoms with Crippen molar-refractivity contribution in [3.05, 3.63) is 17.8 Å². The highest BCUT2D eigenvalue weighted by molar-refractivity contribution is 5.35. The summed E-state index contributed by atoms with van der Waals surface area (Å²) in [6.07, 6.45) is -5.07. The van der Waals surface area contributed by atoms with E-state index in [4.69, 9.17) is 5.11 Å². The normalized spacial score (nSPS) is 11.6. The molecule has 7 heteroatoms. The number of aromatic nitrogens is 2. The van der Waals surface area contributed by atoms with Crippen molar-refractivity contribution in [2.45, 2.75) is 19.2 Å². The fourth-order valence-corrected chi connectivity index (χ4v) is 1.05. The van der Waals surface area contributed by atoms with Gasteiger partial charge in [-0.2, -0.15) is 18.3 Å². The predicted molar refractivity (Wildman–Crippen MR) is 51.9 cm³/mol. The molecule has 0 aliphatic heterocycles. The monoisotopic (exact) mass is 235 g/mol. The lowest BCUT2D eigenvalue weighted by molar-refractivity contribution is -0.132. The molecule has 0 amide bonds. The Hall–Kier alpha value is -1.37. The van der Waals surface area contributed by atoms with Gasteiger partial charge in [0, 0.05) is 13.6 Å². The topological polar surface area (TPSA) is 49.2 Å². The molecule has 90 valence electrons. The first-order valence-corrected chi connectivity index (χ1v) is 4.64. The maximum Gasteiger partial charge on any atom is 0.390 e. The summed E-state index contributed by atoms with van der Waals surface area (Å²) in [6, 6.07) is 3.04. The summed E-state index contributed by atoms with van der Waals surface area (Å²) < 4.78 is 35.9. The van der Waals surface area contributed by atoms with Crippen LogP contribution in [0.4, 0.5) is 19.0 Å². The van der Waals surface area contributed by atoms with E-state index in [2.05, 4.69) is 10.2 Å². The van der Waals surface area contributed by atoms with Gasteiger partial charge in [-0.3, -0.25) is 0 Å². The first-order chi connectivity index (χ1) is 7.42. The molecule has 4 nitrogen and oxygen atoms in total. The van der Waals surface area contributed by atoms with Crippen molar-refractivity contribution >= 4 is 5.82 Å². The SMILES string of the molecule is CN(CCC(F)(F)F)c1ccc(CO)nn1. The molecule has 0 fully saturated rings. The van der Waals surface area contributed by atoms with Crippen LogP contribution in [0.3, 0.4) is 0 Å². The molecule has 1 rings (SSSR count). The van der Waals surface area contributed by atoms with Crippen molar-refractivity contribution in [1.82, 2.24) is 10.2 Å². The zero-order chi connectivity index (χ0) is 12.2. The summed E-state index contributed by atoms with van der Waals surface area (Å²) in [6.45, 7) is -0.407. The van der Waals surface area contributed by atoms with Crippen LogP contribution in [-0.4, -0.2) is 35.1 Å². The highest BCUT2D eigenvalue weighted by Crippen LogP contribution is 2.20. The van der Waals surface area contributed by atoms with Gasteiger partial charge in [0.1, 0.15) is 0 Å². The minimum Gasteiger partial charge on any atom is -0.390 e. The summed E-state index contributed by atoms with van der Waals surface area (Å²) in [4.78, 5) is 1.36. The van der Waals surface area contributed by atoms with E-state index in [9.17, 15) is 13.2 Å². The average molecular weight is 235 g/mol. The maximum atomic E-state index is 12.0. The van der Waals surface area contributed by atoms with Crippen LogP contribution >= 0.6 is 0 Å². The number of halogens is 3. The molecule has 1 aromatic heterocycles. The van der Waals surface area contributed by atoms with Gasteiger partial charge in [0.15, 0.2) is 5.82 Å². The molecule has 0 saturated carbocycles. The van der Waals surface area contributed by atoms with Crippen LogP contribution in [0, 0.1) is 0 Å². The lowest BCUT2D eigenvalue weighted by Crippen LogP contribution is -2.25. The van der Waals surface area contributed by atoms with Crippen LogP contribution in [0.2, 0.25) is 0 Å². The van der Waals surface area contributed by atoms with Crippen molar-refractivity contribution in [3.8, 4) is 0 Å². The van der Waals surface area contributed by atoms with Crippen molar-refractivity contribution in [1.29, 1.82) is 0 Å². The quantitative estimate of drug-likeness (QED) is 0.856. The molecule has 0 saturated heterocycles. The largest absolute Gasteiger partial charge is 0.390 e. The van der Waals surface area contributed by atoms with E-state index in [-0.39, 0.29) is 13.2 Å². The molecule has 0 spiro atoms. The highest BCUT2D eigenvalue weighted by Gasteiger charge is 2.27. The Morgan fingerprint density at radius 1 is 1.31 bits per heavy atom. The lowest BCUT2D eigenvalue weighted by atomic mass is 10.3. The molecule has 1 N–H and O–H groups in total. The van der Waals surface area contributed by atoms with E-state index < -0.39 is 12.6 Å². The summed E-state index contributed by atoms with van der Waals surface area (Å²) in [5.41, 5.74) is 0.382. The highest BCUT2D eigenvalue weighted by atomic mass is 19.4. The smallest absolute Gasteiger partial charge is 0.390 e. The first-order valence-electron chi connectivity index (χ1n) is 4.64. The van der Waals surface area contributed by atoms with Crippen LogP contribution in [0.5, 0.6) is 0 Å². The number of anilines is 1. The fraction of sp³-hybridized carbons (Fsp3) is 0.556. The Labute approximate surface area is 90.7 Å². The van der Waals surface area contributed by atoms with E-state index in [0.29, 0.717) is 11.5 Å². The van der Waals surface area contributed by atoms with Gasteiger partial charge in [0.25, 0.3) is 0 Å². The van der Waals surface area contributed by atoms with Crippen LogP contribution in [0.1, 0.15) is 12.1 Å². The maximum absolute atomic E-state index is 12.0. The number of hydrogen-bond donors (Lipinski definition) is 1. The van der Waals surface area contributed by atoms with E-state index in [1.54, 1.807) is 0 Å². The van der Waals surface area contributed by atoms with Crippen molar-refractivity contribution in [3.63, 3.8) is 0 Å². The van der Waals surface area contributed by atoms with Crippen molar-refractivity contribution in [2.75, 3.05) is 18.5 Å². The van der Waals surface area contributed by atoms with Gasteiger partial charge in [-0.1, -0.05) is 0 Å². The van der Waals surface area contributed by atoms with Crippen LogP contribution in [0.15, 0.2) is 12.1 Å². The molecule has 0 aliphatic carbocycles. The van der Waals surface area contributed by atoms with Gasteiger partial charge in [-0.15, -0.1) is 5.10 Å². The van der Waals surface area contributed by atoms with Crippen LogP contribution in [0.25, 0.3) is 0 Å². The van der Waals surface area contributed by atoms with Crippen LogP contribution < -0.4 is 4.90 Å². The second kappa shape index (κ2) is 5.11. The number of aliphatic hydroxyl groups excluding tert-OH is 1. The van der Waals surface area contributed by atoms with Gasteiger partial charge in [-0.25, -0.2) is 0 Å². The minimum atomic E-state index is -4.17. The predicted octanol–water partition coefficient (Wildman–Crippen LogP) is 1.36. The van der Waals surface area contributed by atoms with E-state index >= 15 is 0 Å². The average Bonchev–Trinajstić information content (AvgIpc) is 2.25. The Balaban J connectivity index is 2.56. The Bertz CT molecular complexity index is 326. The van der Waals surface area contributed by atoms with Crippen molar-refractivity contribution < 1.29 is 18.3 Å². The lowest BCUT2D eigenvalue weighted by Gasteiger charge is -2.18. The molecular weight excluding hydrogens is 223 g/mol. The Kier molecular flexibility index (Phi) is 4.05.